The molecule has 1 aromatic carbocycles. The van der Waals surface area contributed by atoms with Crippen LogP contribution in [0, 0.1) is 0 Å². The summed E-state index contributed by atoms with van der Waals surface area (Å²) in [5, 5.41) is 0. The van der Waals surface area contributed by atoms with Crippen molar-refractivity contribution in [1.29, 1.82) is 0 Å². The average molecular weight is 313 g/mol. The Balaban J connectivity index is 0.00000361. The third-order valence-electron chi connectivity index (χ3n) is 2.59. The maximum atomic E-state index is 12.5. The highest BCUT2D eigenvalue weighted by atomic mass is 35.5. The molecule has 0 bridgehead atoms. The number of nitrogens with zero attached hydrogens (tertiary/aromatic N) is 1. The first-order chi connectivity index (χ1) is 8.93. The number of benzene rings is 1. The van der Waals surface area contributed by atoms with Crippen molar-refractivity contribution in [2.45, 2.75) is 12.7 Å². The van der Waals surface area contributed by atoms with Crippen molar-refractivity contribution in [3.05, 3.63) is 35.4 Å². The Morgan fingerprint density at radius 3 is 2.55 bits per heavy atom. The molecule has 1 aromatic rings. The predicted octanol–water partition coefficient (Wildman–Crippen LogP) is 2.53. The summed E-state index contributed by atoms with van der Waals surface area (Å²) in [4.78, 5) is 1.91. The Labute approximate surface area is 123 Å². The number of halogens is 4. The van der Waals surface area contributed by atoms with E-state index in [1.807, 2.05) is 11.9 Å². The fraction of sp³-hybridized carbons (Fsp3) is 0.538. The van der Waals surface area contributed by atoms with Crippen molar-refractivity contribution in [2.75, 3.05) is 33.4 Å². The predicted molar refractivity (Wildman–Crippen MR) is 74.9 cm³/mol. The van der Waals surface area contributed by atoms with Gasteiger partial charge < -0.3 is 10.5 Å². The minimum atomic E-state index is -4.29. The van der Waals surface area contributed by atoms with E-state index in [0.717, 1.165) is 6.07 Å². The molecule has 0 spiro atoms. The summed E-state index contributed by atoms with van der Waals surface area (Å²) < 4.78 is 42.9. The third kappa shape index (κ3) is 7.09. The topological polar surface area (TPSA) is 38.5 Å². The number of ether oxygens (including phenoxy) is 1. The fourth-order valence-electron chi connectivity index (χ4n) is 1.64. The zero-order chi connectivity index (χ0) is 14.3. The molecule has 3 nitrogen and oxygen atoms in total. The lowest BCUT2D eigenvalue weighted by atomic mass is 10.1. The van der Waals surface area contributed by atoms with E-state index in [2.05, 4.69) is 0 Å². The molecule has 0 aromatic heterocycles. The van der Waals surface area contributed by atoms with Crippen LogP contribution in [0.5, 0.6) is 0 Å². The zero-order valence-corrected chi connectivity index (χ0v) is 12.1. The second kappa shape index (κ2) is 9.18. The summed E-state index contributed by atoms with van der Waals surface area (Å²) in [7, 11) is 1.84. The van der Waals surface area contributed by atoms with Crippen molar-refractivity contribution in [2.24, 2.45) is 5.73 Å². The highest BCUT2D eigenvalue weighted by molar-refractivity contribution is 5.85. The van der Waals surface area contributed by atoms with E-state index in [9.17, 15) is 13.2 Å². The number of nitrogens with two attached hydrogens (primary N) is 1. The molecule has 7 heteroatoms. The second-order valence-electron chi connectivity index (χ2n) is 4.34. The first-order valence-corrected chi connectivity index (χ1v) is 6.06. The van der Waals surface area contributed by atoms with Gasteiger partial charge in [0.15, 0.2) is 0 Å². The van der Waals surface area contributed by atoms with E-state index in [-0.39, 0.29) is 12.4 Å². The molecule has 20 heavy (non-hydrogen) atoms. The Morgan fingerprint density at radius 1 is 1.25 bits per heavy atom. The molecule has 0 aliphatic heterocycles. The molecule has 0 aliphatic rings. The van der Waals surface area contributed by atoms with E-state index >= 15 is 0 Å². The molecule has 1 rings (SSSR count). The van der Waals surface area contributed by atoms with E-state index in [1.54, 1.807) is 6.07 Å². The molecule has 0 amide bonds. The summed E-state index contributed by atoms with van der Waals surface area (Å²) >= 11 is 0. The molecule has 0 unspecified atom stereocenters. The largest absolute Gasteiger partial charge is 0.416 e. The second-order valence-corrected chi connectivity index (χ2v) is 4.34. The Hall–Kier alpha value is -0.820. The van der Waals surface area contributed by atoms with Gasteiger partial charge in [-0.05, 0) is 18.7 Å². The van der Waals surface area contributed by atoms with Crippen LogP contribution in [0.1, 0.15) is 11.1 Å². The molecule has 0 heterocycles. The lowest BCUT2D eigenvalue weighted by molar-refractivity contribution is -0.137. The summed E-state index contributed by atoms with van der Waals surface area (Å²) in [6.45, 7) is 2.59. The molecular weight excluding hydrogens is 293 g/mol. The van der Waals surface area contributed by atoms with E-state index in [1.165, 1.54) is 12.1 Å². The summed E-state index contributed by atoms with van der Waals surface area (Å²) in [5.41, 5.74) is 5.30. The summed E-state index contributed by atoms with van der Waals surface area (Å²) in [6.07, 6.45) is -4.29. The normalized spacial score (nSPS) is 11.5. The lowest BCUT2D eigenvalue weighted by Gasteiger charge is -2.17. The van der Waals surface area contributed by atoms with Gasteiger partial charge in [0.05, 0.1) is 18.8 Å². The average Bonchev–Trinajstić information content (AvgIpc) is 2.34. The van der Waals surface area contributed by atoms with Crippen LogP contribution in [0.15, 0.2) is 24.3 Å². The smallest absolute Gasteiger partial charge is 0.379 e. The highest BCUT2D eigenvalue weighted by Gasteiger charge is 2.30. The van der Waals surface area contributed by atoms with E-state index in [0.29, 0.717) is 38.4 Å². The van der Waals surface area contributed by atoms with Gasteiger partial charge in [0.2, 0.25) is 0 Å². The zero-order valence-electron chi connectivity index (χ0n) is 11.3. The van der Waals surface area contributed by atoms with Gasteiger partial charge in [-0.3, -0.25) is 4.90 Å². The molecule has 0 radical (unpaired) electrons. The SMILES string of the molecule is CN(CCOCCN)Cc1cccc(C(F)(F)F)c1.Cl. The van der Waals surface area contributed by atoms with Crippen molar-refractivity contribution < 1.29 is 17.9 Å². The minimum absolute atomic E-state index is 0. The van der Waals surface area contributed by atoms with Gasteiger partial charge in [-0.15, -0.1) is 12.4 Å². The maximum Gasteiger partial charge on any atom is 0.416 e. The van der Waals surface area contributed by atoms with Crippen molar-refractivity contribution >= 4 is 12.4 Å². The molecule has 0 saturated carbocycles. The number of hydrogen-bond donors (Lipinski definition) is 1. The molecule has 0 fully saturated rings. The number of alkyl halides is 3. The lowest BCUT2D eigenvalue weighted by Crippen LogP contribution is -2.24. The van der Waals surface area contributed by atoms with Gasteiger partial charge in [0, 0.05) is 19.6 Å². The monoisotopic (exact) mass is 312 g/mol. The van der Waals surface area contributed by atoms with Crippen LogP contribution >= 0.6 is 12.4 Å². The fourth-order valence-corrected chi connectivity index (χ4v) is 1.64. The van der Waals surface area contributed by atoms with Crippen LogP contribution in [0.4, 0.5) is 13.2 Å². The Kier molecular flexibility index (Phi) is 8.80. The molecule has 0 aliphatic carbocycles. The molecular formula is C13H20ClF3N2O. The van der Waals surface area contributed by atoms with Crippen LogP contribution in [-0.4, -0.2) is 38.3 Å². The highest BCUT2D eigenvalue weighted by Crippen LogP contribution is 2.29. The van der Waals surface area contributed by atoms with E-state index < -0.39 is 11.7 Å². The quantitative estimate of drug-likeness (QED) is 0.786. The summed E-state index contributed by atoms with van der Waals surface area (Å²) in [6, 6.07) is 5.37. The number of rotatable bonds is 7. The van der Waals surface area contributed by atoms with Crippen molar-refractivity contribution in [3.63, 3.8) is 0 Å². The summed E-state index contributed by atoms with van der Waals surface area (Å²) in [5.74, 6) is 0. The van der Waals surface area contributed by atoms with Crippen molar-refractivity contribution in [1.82, 2.24) is 4.90 Å². The van der Waals surface area contributed by atoms with Gasteiger partial charge >= 0.3 is 6.18 Å². The Morgan fingerprint density at radius 2 is 1.95 bits per heavy atom. The van der Waals surface area contributed by atoms with Crippen LogP contribution in [0.25, 0.3) is 0 Å². The molecule has 0 atom stereocenters. The van der Waals surface area contributed by atoms with Gasteiger partial charge in [0.25, 0.3) is 0 Å². The first kappa shape index (κ1) is 19.2. The number of likely N-dealkylation sites (N-methyl/N-ethyl adjacent to an activating group) is 1. The number of hydrogen-bond acceptors (Lipinski definition) is 3. The van der Waals surface area contributed by atoms with Crippen LogP contribution in [-0.2, 0) is 17.5 Å². The minimum Gasteiger partial charge on any atom is -0.379 e. The van der Waals surface area contributed by atoms with Gasteiger partial charge in [-0.1, -0.05) is 18.2 Å². The van der Waals surface area contributed by atoms with Crippen LogP contribution < -0.4 is 5.73 Å². The van der Waals surface area contributed by atoms with E-state index in [4.69, 9.17) is 10.5 Å². The van der Waals surface area contributed by atoms with Gasteiger partial charge in [0.1, 0.15) is 0 Å². The molecule has 116 valence electrons. The molecule has 2 N–H and O–H groups in total. The Bertz CT molecular complexity index is 388. The van der Waals surface area contributed by atoms with Gasteiger partial charge in [-0.2, -0.15) is 13.2 Å². The molecule has 0 saturated heterocycles. The first-order valence-electron chi connectivity index (χ1n) is 6.06. The third-order valence-corrected chi connectivity index (χ3v) is 2.59. The van der Waals surface area contributed by atoms with Crippen LogP contribution in [0.3, 0.4) is 0 Å². The van der Waals surface area contributed by atoms with Gasteiger partial charge in [-0.25, -0.2) is 0 Å². The van der Waals surface area contributed by atoms with Crippen LogP contribution in [0.2, 0.25) is 0 Å². The maximum absolute atomic E-state index is 12.5. The standard InChI is InChI=1S/C13H19F3N2O.ClH/c1-18(6-8-19-7-5-17)10-11-3-2-4-12(9-11)13(14,15)16;/h2-4,9H,5-8,10,17H2,1H3;1H. The van der Waals surface area contributed by atoms with Crippen molar-refractivity contribution in [3.8, 4) is 0 Å².